The normalized spacial score (nSPS) is 30.9. The molecular formula is C21H27N3O4S. The number of thiophene rings is 1. The third-order valence-corrected chi connectivity index (χ3v) is 7.81. The Kier molecular flexibility index (Phi) is 4.86. The van der Waals surface area contributed by atoms with E-state index in [9.17, 15) is 14.4 Å². The summed E-state index contributed by atoms with van der Waals surface area (Å²) in [4.78, 5) is 45.1. The number of morpholine rings is 1. The van der Waals surface area contributed by atoms with Gasteiger partial charge in [-0.25, -0.2) is 0 Å². The van der Waals surface area contributed by atoms with Crippen LogP contribution in [0.3, 0.4) is 0 Å². The predicted molar refractivity (Wildman–Crippen MR) is 107 cm³/mol. The fourth-order valence-electron chi connectivity index (χ4n) is 5.12. The molecule has 1 aromatic heterocycles. The molecule has 0 spiro atoms. The second kappa shape index (κ2) is 7.40. The Balaban J connectivity index is 1.23. The minimum Gasteiger partial charge on any atom is -0.369 e. The monoisotopic (exact) mass is 417 g/mol. The molecular weight excluding hydrogens is 390 g/mol. The highest BCUT2D eigenvalue weighted by atomic mass is 32.1. The number of piperidine rings is 1. The van der Waals surface area contributed by atoms with E-state index in [1.807, 2.05) is 14.7 Å². The molecule has 4 aliphatic rings. The smallest absolute Gasteiger partial charge is 0.249 e. The number of hydrogen-bond acceptors (Lipinski definition) is 5. The Labute approximate surface area is 174 Å². The summed E-state index contributed by atoms with van der Waals surface area (Å²) in [6, 6.07) is 2.00. The molecule has 0 aromatic carbocycles. The largest absolute Gasteiger partial charge is 0.369 e. The van der Waals surface area contributed by atoms with Gasteiger partial charge in [-0.2, -0.15) is 0 Å². The Bertz CT molecular complexity index is 840. The van der Waals surface area contributed by atoms with E-state index in [-0.39, 0.29) is 42.5 Å². The lowest BCUT2D eigenvalue weighted by atomic mass is 10.1. The lowest BCUT2D eigenvalue weighted by Gasteiger charge is -2.44. The Morgan fingerprint density at radius 1 is 1.28 bits per heavy atom. The molecule has 1 aliphatic carbocycles. The number of nitrogens with zero attached hydrogens (tertiary/aromatic N) is 3. The van der Waals surface area contributed by atoms with Crippen molar-refractivity contribution in [2.45, 2.75) is 50.7 Å². The van der Waals surface area contributed by atoms with Crippen LogP contribution in [0, 0.1) is 12.8 Å². The summed E-state index contributed by atoms with van der Waals surface area (Å²) < 4.78 is 5.37. The fraction of sp³-hybridized carbons (Fsp3) is 0.667. The number of rotatable bonds is 4. The van der Waals surface area contributed by atoms with Gasteiger partial charge in [0, 0.05) is 37.0 Å². The van der Waals surface area contributed by atoms with Crippen molar-refractivity contribution < 1.29 is 19.1 Å². The van der Waals surface area contributed by atoms with Gasteiger partial charge in [0.25, 0.3) is 0 Å². The van der Waals surface area contributed by atoms with Crippen molar-refractivity contribution in [3.05, 3.63) is 21.9 Å². The second-order valence-electron chi connectivity index (χ2n) is 8.75. The zero-order valence-corrected chi connectivity index (χ0v) is 17.5. The first-order valence-corrected chi connectivity index (χ1v) is 11.4. The van der Waals surface area contributed by atoms with E-state index in [2.05, 4.69) is 18.4 Å². The molecule has 1 aromatic rings. The predicted octanol–water partition coefficient (Wildman–Crippen LogP) is 1.05. The van der Waals surface area contributed by atoms with Gasteiger partial charge in [0.2, 0.25) is 17.7 Å². The molecule has 8 heteroatoms. The van der Waals surface area contributed by atoms with Gasteiger partial charge in [-0.1, -0.05) is 0 Å². The molecule has 1 unspecified atom stereocenters. The average molecular weight is 418 g/mol. The number of likely N-dealkylation sites (tertiary alicyclic amines) is 1. The number of carbonyl (C=O) groups excluding carboxylic acids is 3. The Morgan fingerprint density at radius 2 is 2.14 bits per heavy atom. The van der Waals surface area contributed by atoms with Gasteiger partial charge in [-0.3, -0.25) is 14.4 Å². The van der Waals surface area contributed by atoms with E-state index in [1.54, 1.807) is 11.3 Å². The molecule has 4 heterocycles. The van der Waals surface area contributed by atoms with Crippen molar-refractivity contribution in [1.29, 1.82) is 0 Å². The molecule has 5 rings (SSSR count). The molecule has 29 heavy (non-hydrogen) atoms. The highest BCUT2D eigenvalue weighted by molar-refractivity contribution is 7.10. The first-order valence-electron chi connectivity index (χ1n) is 10.5. The van der Waals surface area contributed by atoms with Crippen molar-refractivity contribution in [1.82, 2.24) is 14.7 Å². The standard InChI is InChI=1S/C21H27N3O4S/c1-13-6-16(29-12-13)2-3-19(25)24-17-7-14(17)8-18(24)21(27)22-4-5-23-15(9-22)10-28-11-20(23)26/h6,12,14-15,17-18H,2-5,7-11H2,1H3/t14-,15?,17-,18-/m1/s1. The van der Waals surface area contributed by atoms with Crippen LogP contribution >= 0.6 is 11.3 Å². The summed E-state index contributed by atoms with van der Waals surface area (Å²) in [5, 5.41) is 2.11. The van der Waals surface area contributed by atoms with Gasteiger partial charge in [0.05, 0.1) is 12.6 Å². The van der Waals surface area contributed by atoms with Crippen LogP contribution in [-0.2, 0) is 25.5 Å². The van der Waals surface area contributed by atoms with Crippen molar-refractivity contribution >= 4 is 29.1 Å². The first kappa shape index (κ1) is 19.1. The van der Waals surface area contributed by atoms with E-state index in [4.69, 9.17) is 4.74 Å². The van der Waals surface area contributed by atoms with Gasteiger partial charge in [0.15, 0.2) is 0 Å². The number of amides is 3. The molecule has 3 amide bonds. The highest BCUT2D eigenvalue weighted by Crippen LogP contribution is 2.48. The molecule has 0 N–H and O–H groups in total. The minimum atomic E-state index is -0.330. The van der Waals surface area contributed by atoms with Crippen LogP contribution in [-0.4, -0.2) is 83.4 Å². The zero-order chi connectivity index (χ0) is 20.1. The van der Waals surface area contributed by atoms with Gasteiger partial charge < -0.3 is 19.4 Å². The molecule has 3 saturated heterocycles. The van der Waals surface area contributed by atoms with E-state index < -0.39 is 0 Å². The summed E-state index contributed by atoms with van der Waals surface area (Å²) in [6.07, 6.45) is 3.03. The lowest BCUT2D eigenvalue weighted by molar-refractivity contribution is -0.158. The van der Waals surface area contributed by atoms with Crippen LogP contribution in [0.15, 0.2) is 11.4 Å². The van der Waals surface area contributed by atoms with Crippen molar-refractivity contribution in [2.24, 2.45) is 5.92 Å². The number of aryl methyl sites for hydroxylation is 2. The molecule has 7 nitrogen and oxygen atoms in total. The van der Waals surface area contributed by atoms with E-state index >= 15 is 0 Å². The Hall–Kier alpha value is -1.93. The third kappa shape index (κ3) is 3.57. The SMILES string of the molecule is Cc1csc(CCC(=O)N2[C@@H](C(=O)N3CCN4C(=O)COCC4C3)C[C@H]3C[C@H]32)c1. The quantitative estimate of drug-likeness (QED) is 0.734. The summed E-state index contributed by atoms with van der Waals surface area (Å²) >= 11 is 1.70. The molecule has 4 atom stereocenters. The van der Waals surface area contributed by atoms with E-state index in [1.165, 1.54) is 10.4 Å². The van der Waals surface area contributed by atoms with Crippen molar-refractivity contribution in [3.8, 4) is 0 Å². The number of piperazine rings is 1. The molecule has 3 aliphatic heterocycles. The van der Waals surface area contributed by atoms with E-state index in [0.29, 0.717) is 38.6 Å². The van der Waals surface area contributed by atoms with Crippen LogP contribution in [0.25, 0.3) is 0 Å². The number of hydrogen-bond donors (Lipinski definition) is 0. The third-order valence-electron chi connectivity index (χ3n) is 6.70. The first-order chi connectivity index (χ1) is 14.0. The van der Waals surface area contributed by atoms with Gasteiger partial charge in [-0.15, -0.1) is 11.3 Å². The molecule has 1 saturated carbocycles. The van der Waals surface area contributed by atoms with Crippen LogP contribution in [0.1, 0.15) is 29.7 Å². The number of ether oxygens (including phenoxy) is 1. The topological polar surface area (TPSA) is 70.2 Å². The maximum atomic E-state index is 13.3. The molecule has 0 bridgehead atoms. The molecule has 156 valence electrons. The van der Waals surface area contributed by atoms with Crippen LogP contribution in [0.5, 0.6) is 0 Å². The summed E-state index contributed by atoms with van der Waals surface area (Å²) in [5.41, 5.74) is 1.23. The number of carbonyl (C=O) groups is 3. The maximum absolute atomic E-state index is 13.3. The zero-order valence-electron chi connectivity index (χ0n) is 16.7. The van der Waals surface area contributed by atoms with Gasteiger partial charge in [-0.05, 0) is 49.1 Å². The Morgan fingerprint density at radius 3 is 2.93 bits per heavy atom. The highest BCUT2D eigenvalue weighted by Gasteiger charge is 2.56. The lowest BCUT2D eigenvalue weighted by Crippen LogP contribution is -2.63. The van der Waals surface area contributed by atoms with Gasteiger partial charge >= 0.3 is 0 Å². The average Bonchev–Trinajstić information content (AvgIpc) is 3.17. The summed E-state index contributed by atoms with van der Waals surface area (Å²) in [5.74, 6) is 0.651. The molecule has 4 fully saturated rings. The fourth-order valence-corrected chi connectivity index (χ4v) is 6.00. The van der Waals surface area contributed by atoms with Crippen molar-refractivity contribution in [3.63, 3.8) is 0 Å². The summed E-state index contributed by atoms with van der Waals surface area (Å²) in [6.45, 7) is 4.30. The molecule has 0 radical (unpaired) electrons. The van der Waals surface area contributed by atoms with E-state index in [0.717, 1.165) is 19.3 Å². The van der Waals surface area contributed by atoms with Crippen LogP contribution in [0.4, 0.5) is 0 Å². The van der Waals surface area contributed by atoms with Crippen molar-refractivity contribution in [2.75, 3.05) is 32.8 Å². The van der Waals surface area contributed by atoms with Crippen LogP contribution in [0.2, 0.25) is 0 Å². The van der Waals surface area contributed by atoms with Crippen LogP contribution < -0.4 is 0 Å². The second-order valence-corrected chi connectivity index (χ2v) is 9.74. The van der Waals surface area contributed by atoms with Gasteiger partial charge in [0.1, 0.15) is 12.6 Å². The maximum Gasteiger partial charge on any atom is 0.249 e. The minimum absolute atomic E-state index is 0.0103. The number of fused-ring (bicyclic) bond motifs is 2. The summed E-state index contributed by atoms with van der Waals surface area (Å²) in [7, 11) is 0.